The summed E-state index contributed by atoms with van der Waals surface area (Å²) in [6.07, 6.45) is 24.4. The van der Waals surface area contributed by atoms with E-state index in [4.69, 9.17) is 9.90 Å². The van der Waals surface area contributed by atoms with Crippen LogP contribution in [0.5, 0.6) is 0 Å². The first kappa shape index (κ1) is 39.5. The maximum Gasteiger partial charge on any atom is 0.300 e. The van der Waals surface area contributed by atoms with Gasteiger partial charge in [0.05, 0.1) is 17.9 Å². The van der Waals surface area contributed by atoms with Crippen molar-refractivity contribution >= 4 is 11.5 Å². The lowest BCUT2D eigenvalue weighted by molar-refractivity contribution is -0.134. The van der Waals surface area contributed by atoms with Gasteiger partial charge in [-0.1, -0.05) is 109 Å². The van der Waals surface area contributed by atoms with Crippen LogP contribution in [0.25, 0.3) is 5.57 Å². The molecule has 43 heavy (non-hydrogen) atoms. The van der Waals surface area contributed by atoms with Crippen LogP contribution in [0.1, 0.15) is 104 Å². The highest BCUT2D eigenvalue weighted by molar-refractivity contribution is 5.75. The molecule has 4 rings (SSSR count). The number of hydrogen-bond acceptors (Lipinski definition) is 5. The van der Waals surface area contributed by atoms with Crippen molar-refractivity contribution in [2.24, 2.45) is 0 Å². The number of methoxy groups -OCH3 is 1. The minimum absolute atomic E-state index is 0.117. The monoisotopic (exact) mass is 593 g/mol. The van der Waals surface area contributed by atoms with Crippen molar-refractivity contribution in [1.82, 2.24) is 16.0 Å². The quantitative estimate of drug-likeness (QED) is 0.247. The number of carboxylic acids is 1. The maximum absolute atomic E-state index is 9.00. The predicted molar refractivity (Wildman–Crippen MR) is 186 cm³/mol. The van der Waals surface area contributed by atoms with E-state index in [0.29, 0.717) is 0 Å². The molecule has 0 radical (unpaired) electrons. The van der Waals surface area contributed by atoms with Crippen LogP contribution < -0.4 is 16.0 Å². The van der Waals surface area contributed by atoms with Gasteiger partial charge in [-0.3, -0.25) is 4.79 Å². The van der Waals surface area contributed by atoms with Gasteiger partial charge in [-0.15, -0.1) is 0 Å². The summed E-state index contributed by atoms with van der Waals surface area (Å²) in [7, 11) is 3.25. The average Bonchev–Trinajstić information content (AvgIpc) is 3.25. The SMILES string of the molecule is C=C1NC(CNC2=CC=CCC=C2)N/C1=C/C(=C\C)c1ccc(C2CCCCCC2)cc1.CC.CC.CC(=O)O.COC. The molecule has 1 saturated heterocycles. The van der Waals surface area contributed by atoms with E-state index in [1.807, 2.05) is 27.7 Å². The van der Waals surface area contributed by atoms with Crippen LogP contribution in [0.2, 0.25) is 0 Å². The van der Waals surface area contributed by atoms with Crippen molar-refractivity contribution in [1.29, 1.82) is 0 Å². The molecule has 1 heterocycles. The molecule has 2 fully saturated rings. The Hall–Kier alpha value is -3.51. The van der Waals surface area contributed by atoms with E-state index in [9.17, 15) is 0 Å². The highest BCUT2D eigenvalue weighted by atomic mass is 16.4. The molecule has 3 aliphatic rings. The molecule has 1 aliphatic heterocycles. The van der Waals surface area contributed by atoms with Gasteiger partial charge in [-0.2, -0.15) is 0 Å². The topological polar surface area (TPSA) is 82.6 Å². The van der Waals surface area contributed by atoms with Gasteiger partial charge in [0.2, 0.25) is 0 Å². The Morgan fingerprint density at radius 3 is 2.16 bits per heavy atom. The molecule has 1 aromatic rings. The van der Waals surface area contributed by atoms with Crippen molar-refractivity contribution in [3.63, 3.8) is 0 Å². The van der Waals surface area contributed by atoms with Crippen molar-refractivity contribution in [3.05, 3.63) is 102 Å². The van der Waals surface area contributed by atoms with Gasteiger partial charge < -0.3 is 25.8 Å². The summed E-state index contributed by atoms with van der Waals surface area (Å²) in [5, 5.41) is 18.0. The Bertz CT molecular complexity index is 1050. The number of ether oxygens (including phenoxy) is 1. The lowest BCUT2D eigenvalue weighted by Gasteiger charge is -2.15. The Labute approximate surface area is 262 Å². The first-order chi connectivity index (χ1) is 20.9. The van der Waals surface area contributed by atoms with Gasteiger partial charge in [0.25, 0.3) is 5.97 Å². The van der Waals surface area contributed by atoms with Crippen LogP contribution in [0.3, 0.4) is 0 Å². The molecule has 2 aliphatic carbocycles. The molecule has 1 aromatic carbocycles. The Morgan fingerprint density at radius 2 is 1.60 bits per heavy atom. The van der Waals surface area contributed by atoms with Crippen molar-refractivity contribution < 1.29 is 14.6 Å². The lowest BCUT2D eigenvalue weighted by Crippen LogP contribution is -2.40. The average molecular weight is 594 g/mol. The number of allylic oxidation sites excluding steroid dienone is 8. The molecule has 0 aromatic heterocycles. The summed E-state index contributed by atoms with van der Waals surface area (Å²) < 4.78 is 4.25. The molecule has 0 amide bonds. The molecular formula is C37H59N3O3. The third-order valence-corrected chi connectivity index (χ3v) is 6.68. The van der Waals surface area contributed by atoms with Crippen LogP contribution in [0.15, 0.2) is 90.5 Å². The van der Waals surface area contributed by atoms with E-state index >= 15 is 0 Å². The van der Waals surface area contributed by atoms with Gasteiger partial charge >= 0.3 is 0 Å². The standard InChI is InChI=1S/C29H37N3.C2H4O2.C2H6O.2C2H6/c1-3-23(25-16-18-26(19-17-25)24-12-8-4-5-9-13-24)20-28-22(2)31-29(32-28)21-30-27-14-10-6-7-11-15-27;1-2(3)4;1-3-2;2*1-2/h3,6,10-11,14-20,24,29-32H,2,4-5,7-9,12-13,21H2,1H3;1H3,(H,3,4);1-2H3;2*1-2H3/b23-3+,28-20+;;;;. The molecule has 4 N–H and O–H groups in total. The summed E-state index contributed by atoms with van der Waals surface area (Å²) in [4.78, 5) is 9.00. The van der Waals surface area contributed by atoms with Crippen LogP contribution in [0.4, 0.5) is 0 Å². The van der Waals surface area contributed by atoms with E-state index in [2.05, 4.69) is 101 Å². The minimum Gasteiger partial charge on any atom is -0.481 e. The van der Waals surface area contributed by atoms with E-state index < -0.39 is 5.97 Å². The summed E-state index contributed by atoms with van der Waals surface area (Å²) in [5.41, 5.74) is 7.12. The molecule has 1 unspecified atom stereocenters. The van der Waals surface area contributed by atoms with E-state index in [1.54, 1.807) is 14.2 Å². The number of rotatable bonds is 6. The number of nitrogens with one attached hydrogen (secondary N) is 3. The van der Waals surface area contributed by atoms with Crippen molar-refractivity contribution in [3.8, 4) is 0 Å². The van der Waals surface area contributed by atoms with Crippen LogP contribution >= 0.6 is 0 Å². The van der Waals surface area contributed by atoms with Crippen LogP contribution in [0, 0.1) is 0 Å². The fourth-order valence-electron chi connectivity index (χ4n) is 4.80. The third kappa shape index (κ3) is 16.6. The largest absolute Gasteiger partial charge is 0.481 e. The van der Waals surface area contributed by atoms with E-state index in [0.717, 1.165) is 42.9 Å². The summed E-state index contributed by atoms with van der Waals surface area (Å²) in [6, 6.07) is 9.26. The molecular weight excluding hydrogens is 534 g/mol. The Morgan fingerprint density at radius 1 is 1.02 bits per heavy atom. The lowest BCUT2D eigenvalue weighted by atomic mass is 9.90. The second-order valence-electron chi connectivity index (χ2n) is 9.93. The summed E-state index contributed by atoms with van der Waals surface area (Å²) in [5.74, 6) is -0.0957. The van der Waals surface area contributed by atoms with Gasteiger partial charge in [-0.05, 0) is 67.0 Å². The second-order valence-corrected chi connectivity index (χ2v) is 9.93. The number of hydrogen-bond donors (Lipinski definition) is 4. The molecule has 1 saturated carbocycles. The van der Waals surface area contributed by atoms with Gasteiger partial charge in [0.15, 0.2) is 0 Å². The van der Waals surface area contributed by atoms with Crippen molar-refractivity contribution in [2.75, 3.05) is 20.8 Å². The highest BCUT2D eigenvalue weighted by Crippen LogP contribution is 2.32. The van der Waals surface area contributed by atoms with Gasteiger partial charge in [0, 0.05) is 26.8 Å². The number of aliphatic carboxylic acids is 1. The number of carbonyl (C=O) groups is 1. The zero-order valence-corrected chi connectivity index (χ0v) is 28.1. The first-order valence-corrected chi connectivity index (χ1v) is 16.0. The molecule has 6 nitrogen and oxygen atoms in total. The molecule has 0 bridgehead atoms. The van der Waals surface area contributed by atoms with Crippen molar-refractivity contribution in [2.45, 2.75) is 98.6 Å². The maximum atomic E-state index is 9.00. The second kappa shape index (κ2) is 25.0. The fraction of sp³-hybridized carbons (Fsp3) is 0.486. The Balaban J connectivity index is 0.00000141. The normalized spacial score (nSPS) is 18.7. The molecule has 0 spiro atoms. The Kier molecular flexibility index (Phi) is 23.0. The smallest absolute Gasteiger partial charge is 0.300 e. The van der Waals surface area contributed by atoms with E-state index in [1.165, 1.54) is 55.2 Å². The zero-order valence-electron chi connectivity index (χ0n) is 28.1. The molecule has 1 atom stereocenters. The number of benzene rings is 1. The molecule has 240 valence electrons. The predicted octanol–water partition coefficient (Wildman–Crippen LogP) is 8.84. The first-order valence-electron chi connectivity index (χ1n) is 16.0. The minimum atomic E-state index is -0.833. The third-order valence-electron chi connectivity index (χ3n) is 6.68. The fourth-order valence-corrected chi connectivity index (χ4v) is 4.80. The zero-order chi connectivity index (χ0) is 32.5. The summed E-state index contributed by atoms with van der Waals surface area (Å²) in [6.45, 7) is 16.2. The van der Waals surface area contributed by atoms with E-state index in [-0.39, 0.29) is 6.17 Å². The number of carboxylic acid groups (broad SMARTS) is 1. The highest BCUT2D eigenvalue weighted by Gasteiger charge is 2.21. The van der Waals surface area contributed by atoms with Crippen LogP contribution in [-0.4, -0.2) is 38.0 Å². The summed E-state index contributed by atoms with van der Waals surface area (Å²) >= 11 is 0. The van der Waals surface area contributed by atoms with Gasteiger partial charge in [0.1, 0.15) is 6.17 Å². The van der Waals surface area contributed by atoms with Gasteiger partial charge in [-0.25, -0.2) is 0 Å². The molecule has 6 heteroatoms. The van der Waals surface area contributed by atoms with Crippen LogP contribution in [-0.2, 0) is 9.53 Å².